The molecule has 0 atom stereocenters. The third-order valence-corrected chi connectivity index (χ3v) is 4.45. The van der Waals surface area contributed by atoms with Crippen molar-refractivity contribution in [2.45, 2.75) is 26.3 Å². The molecule has 0 saturated heterocycles. The Kier molecular flexibility index (Phi) is 7.20. The fourth-order valence-electron chi connectivity index (χ4n) is 2.80. The van der Waals surface area contributed by atoms with Crippen LogP contribution in [0.2, 0.25) is 0 Å². The van der Waals surface area contributed by atoms with Gasteiger partial charge in [-0.2, -0.15) is 0 Å². The second-order valence-corrected chi connectivity index (χ2v) is 6.74. The maximum absolute atomic E-state index is 12.4. The highest BCUT2D eigenvalue weighted by Gasteiger charge is 2.12. The predicted molar refractivity (Wildman–Crippen MR) is 115 cm³/mol. The maximum Gasteiger partial charge on any atom is 0.345 e. The number of aromatic nitrogens is 4. The van der Waals surface area contributed by atoms with Gasteiger partial charge >= 0.3 is 11.7 Å². The van der Waals surface area contributed by atoms with Gasteiger partial charge in [0.05, 0.1) is 13.2 Å². The minimum Gasteiger partial charge on any atom is -0.494 e. The molecule has 9 nitrogen and oxygen atoms in total. The molecule has 0 unspecified atom stereocenters. The van der Waals surface area contributed by atoms with Crippen molar-refractivity contribution in [2.24, 2.45) is 7.05 Å². The Hall–Kier alpha value is -3.62. The predicted octanol–water partition coefficient (Wildman–Crippen LogP) is 2.64. The van der Waals surface area contributed by atoms with E-state index in [9.17, 15) is 9.59 Å². The first-order valence-corrected chi connectivity index (χ1v) is 9.90. The van der Waals surface area contributed by atoms with E-state index in [2.05, 4.69) is 27.6 Å². The van der Waals surface area contributed by atoms with Gasteiger partial charge in [0.2, 0.25) is 0 Å². The highest BCUT2D eigenvalue weighted by atomic mass is 16.5. The van der Waals surface area contributed by atoms with Crippen LogP contribution in [0.25, 0.3) is 11.4 Å². The van der Waals surface area contributed by atoms with Gasteiger partial charge in [0.1, 0.15) is 5.75 Å². The minimum atomic E-state index is -0.355. The van der Waals surface area contributed by atoms with Crippen molar-refractivity contribution in [2.75, 3.05) is 18.5 Å². The number of carbonyl (C=O) groups is 1. The SMILES string of the molecule is CCCCOc1ccc(NC(=O)NCCn2nc(-c3cccnc3)n(C)c2=O)cc1. The van der Waals surface area contributed by atoms with Gasteiger partial charge in [0.15, 0.2) is 5.82 Å². The van der Waals surface area contributed by atoms with Gasteiger partial charge in [0.25, 0.3) is 0 Å². The van der Waals surface area contributed by atoms with Gasteiger partial charge in [-0.05, 0) is 42.8 Å². The van der Waals surface area contributed by atoms with Crippen LogP contribution in [0.1, 0.15) is 19.8 Å². The summed E-state index contributed by atoms with van der Waals surface area (Å²) in [5.41, 5.74) is 1.16. The molecule has 3 rings (SSSR count). The lowest BCUT2D eigenvalue weighted by Gasteiger charge is -2.09. The van der Waals surface area contributed by atoms with Crippen LogP contribution >= 0.6 is 0 Å². The van der Waals surface area contributed by atoms with Crippen molar-refractivity contribution in [3.05, 3.63) is 59.3 Å². The average molecular weight is 410 g/mol. The molecule has 0 aliphatic heterocycles. The van der Waals surface area contributed by atoms with Crippen LogP contribution in [0.3, 0.4) is 0 Å². The van der Waals surface area contributed by atoms with Gasteiger partial charge in [-0.15, -0.1) is 5.10 Å². The number of hydrogen-bond acceptors (Lipinski definition) is 5. The molecule has 0 bridgehead atoms. The maximum atomic E-state index is 12.4. The van der Waals surface area contributed by atoms with Crippen molar-refractivity contribution in [1.29, 1.82) is 0 Å². The molecule has 2 heterocycles. The Morgan fingerprint density at radius 2 is 2.00 bits per heavy atom. The quantitative estimate of drug-likeness (QED) is 0.528. The van der Waals surface area contributed by atoms with Crippen molar-refractivity contribution < 1.29 is 9.53 Å². The van der Waals surface area contributed by atoms with Crippen LogP contribution in [0.15, 0.2) is 53.6 Å². The lowest BCUT2D eigenvalue weighted by Crippen LogP contribution is -2.34. The Balaban J connectivity index is 1.50. The third kappa shape index (κ3) is 5.47. The molecule has 0 spiro atoms. The minimum absolute atomic E-state index is 0.255. The fourth-order valence-corrected chi connectivity index (χ4v) is 2.80. The third-order valence-electron chi connectivity index (χ3n) is 4.45. The first-order valence-electron chi connectivity index (χ1n) is 9.90. The lowest BCUT2D eigenvalue weighted by atomic mass is 10.3. The number of pyridine rings is 1. The van der Waals surface area contributed by atoms with Gasteiger partial charge < -0.3 is 15.4 Å². The van der Waals surface area contributed by atoms with Crippen LogP contribution in [-0.2, 0) is 13.6 Å². The van der Waals surface area contributed by atoms with Crippen LogP contribution in [0.5, 0.6) is 5.75 Å². The molecular weight excluding hydrogens is 384 g/mol. The number of unbranched alkanes of at least 4 members (excludes halogenated alkanes) is 1. The zero-order valence-electron chi connectivity index (χ0n) is 17.2. The van der Waals surface area contributed by atoms with E-state index < -0.39 is 0 Å². The summed E-state index contributed by atoms with van der Waals surface area (Å²) in [4.78, 5) is 28.5. The molecule has 1 aromatic carbocycles. The number of benzene rings is 1. The zero-order chi connectivity index (χ0) is 21.3. The molecule has 2 amide bonds. The first-order chi connectivity index (χ1) is 14.6. The van der Waals surface area contributed by atoms with Gasteiger partial charge in [-0.1, -0.05) is 13.3 Å². The summed E-state index contributed by atoms with van der Waals surface area (Å²) in [5, 5.41) is 9.82. The van der Waals surface area contributed by atoms with Gasteiger partial charge in [-0.3, -0.25) is 9.55 Å². The Morgan fingerprint density at radius 1 is 1.20 bits per heavy atom. The molecule has 0 saturated carbocycles. The Morgan fingerprint density at radius 3 is 2.70 bits per heavy atom. The van der Waals surface area contributed by atoms with Crippen LogP contribution in [-0.4, -0.2) is 38.5 Å². The largest absolute Gasteiger partial charge is 0.494 e. The number of nitrogens with one attached hydrogen (secondary N) is 2. The van der Waals surface area contributed by atoms with E-state index in [1.165, 1.54) is 9.25 Å². The standard InChI is InChI=1S/C21H26N6O3/c1-3-4-14-30-18-9-7-17(8-10-18)24-20(28)23-12-13-27-21(29)26(2)19(25-27)16-6-5-11-22-15-16/h5-11,15H,3-4,12-14H2,1-2H3,(H2,23,24,28). The van der Waals surface area contributed by atoms with E-state index in [1.807, 2.05) is 18.2 Å². The van der Waals surface area contributed by atoms with Crippen LogP contribution in [0, 0.1) is 0 Å². The number of carbonyl (C=O) groups excluding carboxylic acids is 1. The van der Waals surface area contributed by atoms with Crippen LogP contribution in [0.4, 0.5) is 10.5 Å². The van der Waals surface area contributed by atoms with Crippen molar-refractivity contribution in [1.82, 2.24) is 24.6 Å². The molecule has 158 valence electrons. The summed E-state index contributed by atoms with van der Waals surface area (Å²) < 4.78 is 8.39. The number of nitrogens with zero attached hydrogens (tertiary/aromatic N) is 4. The van der Waals surface area contributed by atoms with E-state index in [-0.39, 0.29) is 24.8 Å². The smallest absolute Gasteiger partial charge is 0.345 e. The summed E-state index contributed by atoms with van der Waals surface area (Å²) >= 11 is 0. The van der Waals surface area contributed by atoms with E-state index in [0.717, 1.165) is 24.2 Å². The normalized spacial score (nSPS) is 10.6. The number of amides is 2. The molecule has 0 radical (unpaired) electrons. The monoisotopic (exact) mass is 410 g/mol. The Labute approximate surface area is 174 Å². The van der Waals surface area contributed by atoms with Gasteiger partial charge in [-0.25, -0.2) is 14.3 Å². The number of ether oxygens (including phenoxy) is 1. The number of hydrogen-bond donors (Lipinski definition) is 2. The molecule has 0 aliphatic carbocycles. The van der Waals surface area contributed by atoms with E-state index in [4.69, 9.17) is 4.74 Å². The second-order valence-electron chi connectivity index (χ2n) is 6.74. The topological polar surface area (TPSA) is 103 Å². The van der Waals surface area contributed by atoms with Gasteiger partial charge in [0, 0.05) is 37.2 Å². The Bertz CT molecular complexity index is 1010. The molecule has 0 fully saturated rings. The molecule has 0 aliphatic rings. The zero-order valence-corrected chi connectivity index (χ0v) is 17.2. The second kappa shape index (κ2) is 10.2. The summed E-state index contributed by atoms with van der Waals surface area (Å²) in [6, 6.07) is 10.5. The summed E-state index contributed by atoms with van der Waals surface area (Å²) in [7, 11) is 1.66. The molecule has 9 heteroatoms. The summed E-state index contributed by atoms with van der Waals surface area (Å²) in [5.74, 6) is 1.30. The van der Waals surface area contributed by atoms with E-state index >= 15 is 0 Å². The number of urea groups is 1. The molecule has 3 aromatic rings. The number of anilines is 1. The average Bonchev–Trinajstić information content (AvgIpc) is 3.04. The molecule has 30 heavy (non-hydrogen) atoms. The molecule has 2 N–H and O–H groups in total. The van der Waals surface area contributed by atoms with Crippen molar-refractivity contribution in [3.8, 4) is 17.1 Å². The van der Waals surface area contributed by atoms with Crippen molar-refractivity contribution in [3.63, 3.8) is 0 Å². The fraction of sp³-hybridized carbons (Fsp3) is 0.333. The lowest BCUT2D eigenvalue weighted by molar-refractivity contribution is 0.251. The first kappa shape index (κ1) is 21.1. The summed E-state index contributed by atoms with van der Waals surface area (Å²) in [6.45, 7) is 3.30. The molecular formula is C21H26N6O3. The highest BCUT2D eigenvalue weighted by molar-refractivity contribution is 5.89. The number of rotatable bonds is 9. The van der Waals surface area contributed by atoms with E-state index in [1.54, 1.807) is 37.6 Å². The summed E-state index contributed by atoms with van der Waals surface area (Å²) in [6.07, 6.45) is 5.40. The van der Waals surface area contributed by atoms with E-state index in [0.29, 0.717) is 18.1 Å². The van der Waals surface area contributed by atoms with Crippen LogP contribution < -0.4 is 21.1 Å². The molecule has 2 aromatic heterocycles. The highest BCUT2D eigenvalue weighted by Crippen LogP contribution is 2.16. The van der Waals surface area contributed by atoms with Crippen molar-refractivity contribution >= 4 is 11.7 Å².